The van der Waals surface area contributed by atoms with Crippen LogP contribution in [0.15, 0.2) is 0 Å². The van der Waals surface area contributed by atoms with Gasteiger partial charge in [-0.05, 0) is 0 Å². The molecule has 1 aliphatic rings. The largest absolute Gasteiger partial charge is 0.462 e. The van der Waals surface area contributed by atoms with E-state index in [4.69, 9.17) is 5.11 Å². The van der Waals surface area contributed by atoms with Crippen molar-refractivity contribution in [3.05, 3.63) is 0 Å². The van der Waals surface area contributed by atoms with E-state index in [0.717, 1.165) is 14.2 Å². The Morgan fingerprint density at radius 1 is 0.443 bits per heavy atom. The van der Waals surface area contributed by atoms with Gasteiger partial charge >= 0.3 is 84.7 Å². The van der Waals surface area contributed by atoms with Crippen LogP contribution >= 0.6 is 0 Å². The van der Waals surface area contributed by atoms with Gasteiger partial charge in [-0.25, -0.2) is 0 Å². The molecule has 1 heterocycles. The van der Waals surface area contributed by atoms with Gasteiger partial charge in [0.1, 0.15) is 24.4 Å². The normalized spacial score (nSPS) is 26.5. The van der Waals surface area contributed by atoms with Gasteiger partial charge in [0.2, 0.25) is 0 Å². The quantitative estimate of drug-likeness (QED) is 0.134. The first-order valence-corrected chi connectivity index (χ1v) is 13.7. The number of amides is 1. The fraction of sp³-hybridized carbons (Fsp3) is 0.952. The molecular formula is C21H12F29NO10. The third-order valence-electron chi connectivity index (χ3n) is 6.84. The summed E-state index contributed by atoms with van der Waals surface area (Å²) < 4.78 is 403. The van der Waals surface area contributed by atoms with E-state index in [0.29, 0.717) is 0 Å². The van der Waals surface area contributed by atoms with E-state index in [1.807, 2.05) is 0 Å². The van der Waals surface area contributed by atoms with Gasteiger partial charge in [-0.2, -0.15) is 127 Å². The number of halogens is 29. The highest BCUT2D eigenvalue weighted by atomic mass is 19.4. The van der Waals surface area contributed by atoms with E-state index in [-0.39, 0.29) is 5.32 Å². The highest BCUT2D eigenvalue weighted by Gasteiger charge is 2.90. The molecule has 0 radical (unpaired) electrons. The smallest absolute Gasteiger partial charge is 0.394 e. The number of nitrogens with one attached hydrogen (secondary N) is 1. The molecule has 0 aliphatic carbocycles. The number of hydrogen-bond donors (Lipinski definition) is 5. The Kier molecular flexibility index (Phi) is 14.7. The zero-order valence-electron chi connectivity index (χ0n) is 26.8. The maximum Gasteiger partial charge on any atom is 0.462 e. The molecule has 0 aromatic heterocycles. The minimum Gasteiger partial charge on any atom is -0.394 e. The molecular weight excluding hydrogens is 977 g/mol. The Morgan fingerprint density at radius 3 is 1.03 bits per heavy atom. The van der Waals surface area contributed by atoms with Gasteiger partial charge < -0.3 is 30.5 Å². The molecule has 1 amide bonds. The molecule has 1 aliphatic heterocycles. The zero-order chi connectivity index (χ0) is 49.4. The molecule has 0 bridgehead atoms. The molecule has 11 nitrogen and oxygen atoms in total. The van der Waals surface area contributed by atoms with Crippen LogP contribution in [-0.2, 0) is 28.5 Å². The van der Waals surface area contributed by atoms with Crippen LogP contribution in [0.4, 0.5) is 127 Å². The summed E-state index contributed by atoms with van der Waals surface area (Å²) in [7, 11) is 0. The van der Waals surface area contributed by atoms with Gasteiger partial charge in [0.05, 0.1) is 6.61 Å². The van der Waals surface area contributed by atoms with Crippen molar-refractivity contribution in [1.29, 1.82) is 0 Å². The van der Waals surface area contributed by atoms with Crippen LogP contribution < -0.4 is 5.32 Å². The van der Waals surface area contributed by atoms with Crippen molar-refractivity contribution in [2.24, 2.45) is 0 Å². The fourth-order valence-corrected chi connectivity index (χ4v) is 3.66. The monoisotopic (exact) mass is 989 g/mol. The lowest BCUT2D eigenvalue weighted by Gasteiger charge is -2.44. The maximum atomic E-state index is 14.9. The molecule has 0 aromatic rings. The molecule has 5 N–H and O–H groups in total. The Labute approximate surface area is 310 Å². The number of aliphatic hydroxyl groups is 4. The molecule has 1 saturated heterocycles. The predicted octanol–water partition coefficient (Wildman–Crippen LogP) is 5.45. The second-order valence-electron chi connectivity index (χ2n) is 11.1. The summed E-state index contributed by atoms with van der Waals surface area (Å²) in [5.41, 5.74) is 0. The van der Waals surface area contributed by atoms with Crippen LogP contribution in [0, 0.1) is 0 Å². The standard InChI is InChI=1S/C21H12F29NO10/c22-8(13(28,29)30,7(56)51-6-5(55)4(54)3(53)2(1-52)57-6)58-19(45,46)10(25,15(34,35)36)60-21(49,50)12(27,17(40,41)42)61-20(47,48)11(26,16(37,38)39)59-18(43,44)9(23,24)14(31,32)33/h2-6,52-55H,1H2,(H,51,56)/t2-,3+,4+,5-,6-,8?,10?,11?,12?/m1/s1. The average Bonchev–Trinajstić information content (AvgIpc) is 3.00. The number of carbonyl (C=O) groups excluding carboxylic acids is 1. The Balaban J connectivity index is 4.01. The predicted molar refractivity (Wildman–Crippen MR) is 117 cm³/mol. The molecule has 364 valence electrons. The highest BCUT2D eigenvalue weighted by Crippen LogP contribution is 2.61. The number of rotatable bonds is 15. The van der Waals surface area contributed by atoms with Crippen LogP contribution in [0.1, 0.15) is 0 Å². The summed E-state index contributed by atoms with van der Waals surface area (Å²) in [4.78, 5) is 12.0. The van der Waals surface area contributed by atoms with Gasteiger partial charge in [0.15, 0.2) is 6.23 Å². The summed E-state index contributed by atoms with van der Waals surface area (Å²) in [5.74, 6) is -48.0. The average molecular weight is 989 g/mol. The van der Waals surface area contributed by atoms with Crippen LogP contribution in [0.2, 0.25) is 0 Å². The Morgan fingerprint density at radius 2 is 0.754 bits per heavy atom. The Bertz CT molecular complexity index is 1550. The van der Waals surface area contributed by atoms with E-state index in [9.17, 15) is 147 Å². The van der Waals surface area contributed by atoms with Crippen LogP contribution in [-0.4, -0.2) is 148 Å². The van der Waals surface area contributed by atoms with Gasteiger partial charge in [-0.1, -0.05) is 0 Å². The lowest BCUT2D eigenvalue weighted by molar-refractivity contribution is -0.592. The zero-order valence-corrected chi connectivity index (χ0v) is 26.8. The van der Waals surface area contributed by atoms with Gasteiger partial charge in [0.25, 0.3) is 5.91 Å². The molecule has 1 fully saturated rings. The second-order valence-corrected chi connectivity index (χ2v) is 11.1. The van der Waals surface area contributed by atoms with Crippen molar-refractivity contribution < 1.29 is 176 Å². The van der Waals surface area contributed by atoms with Crippen LogP contribution in [0.5, 0.6) is 0 Å². The fourth-order valence-electron chi connectivity index (χ4n) is 3.66. The number of carbonyl (C=O) groups is 1. The van der Waals surface area contributed by atoms with Crippen molar-refractivity contribution >= 4 is 5.91 Å². The minimum absolute atomic E-state index is 0.168. The van der Waals surface area contributed by atoms with Crippen molar-refractivity contribution in [2.45, 2.75) is 115 Å². The number of ether oxygens (including phenoxy) is 5. The number of alkyl halides is 29. The van der Waals surface area contributed by atoms with E-state index < -0.39 is 128 Å². The molecule has 4 unspecified atom stereocenters. The van der Waals surface area contributed by atoms with E-state index in [1.54, 1.807) is 4.74 Å². The SMILES string of the molecule is O=C(N[C@@H]1O[C@H](CO)[C@H](O)[C@H](O)[C@H]1O)C(F)(OC(F)(F)C(F)(OC(F)(F)C(F)(OC(F)(F)C(F)(OC(F)(F)C(F)(F)C(F)(F)F)C(F)(F)F)C(F)(F)F)C(F)(F)F)C(F)(F)F. The molecule has 0 saturated carbocycles. The second kappa shape index (κ2) is 16.0. The maximum absolute atomic E-state index is 14.9. The van der Waals surface area contributed by atoms with Crippen LogP contribution in [0.25, 0.3) is 0 Å². The minimum atomic E-state index is -9.35. The molecule has 61 heavy (non-hydrogen) atoms. The van der Waals surface area contributed by atoms with Crippen molar-refractivity contribution in [3.63, 3.8) is 0 Å². The van der Waals surface area contributed by atoms with E-state index in [2.05, 4.69) is 4.74 Å². The third-order valence-corrected chi connectivity index (χ3v) is 6.84. The lowest BCUT2D eigenvalue weighted by Crippen LogP contribution is -2.72. The molecule has 40 heteroatoms. The first-order valence-electron chi connectivity index (χ1n) is 13.7. The van der Waals surface area contributed by atoms with Crippen molar-refractivity contribution in [1.82, 2.24) is 5.32 Å². The molecule has 0 spiro atoms. The van der Waals surface area contributed by atoms with Crippen molar-refractivity contribution in [3.8, 4) is 0 Å². The highest BCUT2D eigenvalue weighted by molar-refractivity contribution is 5.84. The third kappa shape index (κ3) is 9.63. The van der Waals surface area contributed by atoms with E-state index in [1.165, 1.54) is 0 Å². The van der Waals surface area contributed by atoms with Gasteiger partial charge in [0, 0.05) is 0 Å². The Hall–Kier alpha value is -2.92. The molecule has 0 aromatic carbocycles. The summed E-state index contributed by atoms with van der Waals surface area (Å²) >= 11 is 0. The number of hydrogen-bond acceptors (Lipinski definition) is 10. The summed E-state index contributed by atoms with van der Waals surface area (Å²) in [5, 5.41) is 37.8. The summed E-state index contributed by atoms with van der Waals surface area (Å²) in [6.45, 7) is -1.65. The lowest BCUT2D eigenvalue weighted by atomic mass is 9.98. The topological polar surface area (TPSA) is 156 Å². The first kappa shape index (κ1) is 56.1. The molecule has 9 atom stereocenters. The summed E-state index contributed by atoms with van der Waals surface area (Å²) in [6, 6.07) is 0. The molecule has 1 rings (SSSR count). The summed E-state index contributed by atoms with van der Waals surface area (Å²) in [6.07, 6.45) is -93.0. The van der Waals surface area contributed by atoms with E-state index >= 15 is 0 Å². The number of aliphatic hydroxyl groups excluding tert-OH is 4. The van der Waals surface area contributed by atoms with Crippen molar-refractivity contribution in [2.75, 3.05) is 6.61 Å². The van der Waals surface area contributed by atoms with Gasteiger partial charge in [-0.3, -0.25) is 23.7 Å². The first-order chi connectivity index (χ1) is 26.3. The van der Waals surface area contributed by atoms with Crippen LogP contribution in [0.3, 0.4) is 0 Å². The van der Waals surface area contributed by atoms with Gasteiger partial charge in [-0.15, -0.1) is 0 Å².